The van der Waals surface area contributed by atoms with Gasteiger partial charge in [-0.2, -0.15) is 4.98 Å². The Labute approximate surface area is 156 Å². The highest BCUT2D eigenvalue weighted by atomic mass is 16.5. The second kappa shape index (κ2) is 7.20. The van der Waals surface area contributed by atoms with Gasteiger partial charge in [0.2, 0.25) is 5.88 Å². The molecule has 3 rings (SSSR count). The number of benzene rings is 1. The monoisotopic (exact) mass is 367 g/mol. The Morgan fingerprint density at radius 1 is 1.19 bits per heavy atom. The molecule has 0 radical (unpaired) electrons. The number of aryl methyl sites for hydroxylation is 1. The number of methoxy groups -OCH3 is 1. The first-order chi connectivity index (χ1) is 12.9. The van der Waals surface area contributed by atoms with Crippen molar-refractivity contribution in [2.24, 2.45) is 0 Å². The lowest BCUT2D eigenvalue weighted by Gasteiger charge is -2.24. The lowest BCUT2D eigenvalue weighted by atomic mass is 9.81. The number of pyridine rings is 2. The van der Waals surface area contributed by atoms with E-state index in [0.29, 0.717) is 23.0 Å². The number of rotatable bonds is 5. The highest BCUT2D eigenvalue weighted by Crippen LogP contribution is 2.33. The normalized spacial score (nSPS) is 11.3. The molecule has 7 nitrogen and oxygen atoms in total. The molecule has 0 aliphatic carbocycles. The summed E-state index contributed by atoms with van der Waals surface area (Å²) in [4.78, 5) is 20.5. The number of fused-ring (bicyclic) bond motifs is 1. The van der Waals surface area contributed by atoms with E-state index in [-0.39, 0.29) is 0 Å². The van der Waals surface area contributed by atoms with Gasteiger partial charge < -0.3 is 9.47 Å². The van der Waals surface area contributed by atoms with Gasteiger partial charge in [-0.3, -0.25) is 10.0 Å². The van der Waals surface area contributed by atoms with Gasteiger partial charge in [-0.25, -0.2) is 10.5 Å². The third-order valence-corrected chi connectivity index (χ3v) is 4.52. The molecular formula is C20H21N3O4. The van der Waals surface area contributed by atoms with E-state index in [1.165, 1.54) is 0 Å². The fraction of sp³-hybridized carbons (Fsp3) is 0.250. The zero-order valence-electron chi connectivity index (χ0n) is 15.6. The Kier molecular flexibility index (Phi) is 4.96. The summed E-state index contributed by atoms with van der Waals surface area (Å²) in [6, 6.07) is 10.8. The molecule has 2 aromatic heterocycles. The van der Waals surface area contributed by atoms with Gasteiger partial charge in [0, 0.05) is 12.3 Å². The minimum absolute atomic E-state index is 0.473. The number of aromatic nitrogens is 2. The van der Waals surface area contributed by atoms with E-state index >= 15 is 0 Å². The van der Waals surface area contributed by atoms with Crippen molar-refractivity contribution in [1.29, 1.82) is 0 Å². The lowest BCUT2D eigenvalue weighted by Crippen LogP contribution is -2.38. The molecule has 0 spiro atoms. The summed E-state index contributed by atoms with van der Waals surface area (Å²) in [6.07, 6.45) is 1.63. The first kappa shape index (κ1) is 18.6. The van der Waals surface area contributed by atoms with Crippen LogP contribution in [0.25, 0.3) is 11.0 Å². The zero-order valence-corrected chi connectivity index (χ0v) is 15.6. The summed E-state index contributed by atoms with van der Waals surface area (Å²) in [5.41, 5.74) is 3.05. The molecule has 0 atom stereocenters. The number of hydrogen-bond donors (Lipinski definition) is 2. The van der Waals surface area contributed by atoms with Crippen molar-refractivity contribution >= 4 is 16.9 Å². The Morgan fingerprint density at radius 2 is 1.96 bits per heavy atom. The van der Waals surface area contributed by atoms with E-state index in [2.05, 4.69) is 9.97 Å². The molecule has 0 aliphatic heterocycles. The van der Waals surface area contributed by atoms with Crippen molar-refractivity contribution in [3.63, 3.8) is 0 Å². The number of nitrogens with zero attached hydrogens (tertiary/aromatic N) is 2. The predicted molar refractivity (Wildman–Crippen MR) is 100 cm³/mol. The van der Waals surface area contributed by atoms with E-state index in [4.69, 9.17) is 14.7 Å². The van der Waals surface area contributed by atoms with Gasteiger partial charge in [0.05, 0.1) is 17.9 Å². The number of carbonyl (C=O) groups is 1. The van der Waals surface area contributed by atoms with Crippen LogP contribution in [0.4, 0.5) is 0 Å². The van der Waals surface area contributed by atoms with Crippen LogP contribution in [-0.4, -0.2) is 28.2 Å². The minimum atomic E-state index is -0.874. The van der Waals surface area contributed by atoms with E-state index in [1.54, 1.807) is 50.8 Å². The fourth-order valence-corrected chi connectivity index (χ4v) is 2.98. The van der Waals surface area contributed by atoms with Gasteiger partial charge in [-0.05, 0) is 56.2 Å². The molecule has 0 unspecified atom stereocenters. The van der Waals surface area contributed by atoms with Crippen molar-refractivity contribution in [3.05, 3.63) is 53.7 Å². The quantitative estimate of drug-likeness (QED) is 0.529. The number of nitrogens with one attached hydrogen (secondary N) is 1. The van der Waals surface area contributed by atoms with Crippen molar-refractivity contribution in [1.82, 2.24) is 15.4 Å². The standard InChI is InChI=1S/C20H21N3O4/c1-12-11-13(5-7-15(12)20(2,3)19(24)23-25)27-16-9-10-21-18-14(16)6-8-17(22-18)26-4/h5-11,25H,1-4H3,(H,23,24). The van der Waals surface area contributed by atoms with E-state index in [1.807, 2.05) is 25.1 Å². The number of ether oxygens (including phenoxy) is 2. The molecule has 27 heavy (non-hydrogen) atoms. The smallest absolute Gasteiger partial charge is 0.253 e. The van der Waals surface area contributed by atoms with Crippen LogP contribution in [-0.2, 0) is 10.2 Å². The molecule has 1 aromatic carbocycles. The minimum Gasteiger partial charge on any atom is -0.481 e. The second-order valence-corrected chi connectivity index (χ2v) is 6.68. The Bertz CT molecular complexity index is 1000. The van der Waals surface area contributed by atoms with Gasteiger partial charge in [0.25, 0.3) is 5.91 Å². The third kappa shape index (κ3) is 3.54. The van der Waals surface area contributed by atoms with Gasteiger partial charge in [0.15, 0.2) is 5.65 Å². The van der Waals surface area contributed by atoms with Crippen molar-refractivity contribution in [3.8, 4) is 17.4 Å². The van der Waals surface area contributed by atoms with Gasteiger partial charge >= 0.3 is 0 Å². The molecule has 0 saturated heterocycles. The average Bonchev–Trinajstić information content (AvgIpc) is 2.66. The van der Waals surface area contributed by atoms with E-state index in [9.17, 15) is 4.79 Å². The SMILES string of the molecule is COc1ccc2c(Oc3ccc(C(C)(C)C(=O)NO)c(C)c3)ccnc2n1. The molecule has 2 N–H and O–H groups in total. The molecular weight excluding hydrogens is 346 g/mol. The summed E-state index contributed by atoms with van der Waals surface area (Å²) in [5, 5.41) is 9.73. The number of hydrogen-bond acceptors (Lipinski definition) is 6. The summed E-state index contributed by atoms with van der Waals surface area (Å²) >= 11 is 0. The van der Waals surface area contributed by atoms with Crippen LogP contribution in [0, 0.1) is 6.92 Å². The van der Waals surface area contributed by atoms with Crippen molar-refractivity contribution in [2.45, 2.75) is 26.2 Å². The van der Waals surface area contributed by atoms with Crippen LogP contribution in [0.1, 0.15) is 25.0 Å². The number of hydroxylamine groups is 1. The molecule has 7 heteroatoms. The van der Waals surface area contributed by atoms with Crippen molar-refractivity contribution in [2.75, 3.05) is 7.11 Å². The van der Waals surface area contributed by atoms with E-state index in [0.717, 1.165) is 16.5 Å². The molecule has 3 aromatic rings. The summed E-state index contributed by atoms with van der Waals surface area (Å²) in [5.74, 6) is 1.26. The summed E-state index contributed by atoms with van der Waals surface area (Å²) in [7, 11) is 1.55. The van der Waals surface area contributed by atoms with Gasteiger partial charge in [0.1, 0.15) is 11.5 Å². The predicted octanol–water partition coefficient (Wildman–Crippen LogP) is 3.52. The molecule has 0 saturated carbocycles. The molecule has 0 fully saturated rings. The average molecular weight is 367 g/mol. The third-order valence-electron chi connectivity index (χ3n) is 4.52. The maximum absolute atomic E-state index is 11.9. The first-order valence-electron chi connectivity index (χ1n) is 8.40. The Balaban J connectivity index is 1.94. The molecule has 0 bridgehead atoms. The lowest BCUT2D eigenvalue weighted by molar-refractivity contribution is -0.134. The zero-order chi connectivity index (χ0) is 19.6. The van der Waals surface area contributed by atoms with Crippen LogP contribution >= 0.6 is 0 Å². The number of amides is 1. The van der Waals surface area contributed by atoms with Crippen LogP contribution in [0.5, 0.6) is 17.4 Å². The van der Waals surface area contributed by atoms with Crippen LogP contribution in [0.3, 0.4) is 0 Å². The van der Waals surface area contributed by atoms with E-state index < -0.39 is 11.3 Å². The fourth-order valence-electron chi connectivity index (χ4n) is 2.98. The van der Waals surface area contributed by atoms with Crippen LogP contribution in [0.2, 0.25) is 0 Å². The largest absolute Gasteiger partial charge is 0.481 e. The van der Waals surface area contributed by atoms with Gasteiger partial charge in [-0.15, -0.1) is 0 Å². The van der Waals surface area contributed by atoms with Crippen LogP contribution in [0.15, 0.2) is 42.6 Å². The summed E-state index contributed by atoms with van der Waals surface area (Å²) in [6.45, 7) is 5.39. The molecule has 2 heterocycles. The maximum atomic E-state index is 11.9. The molecule has 140 valence electrons. The highest BCUT2D eigenvalue weighted by Gasteiger charge is 2.31. The first-order valence-corrected chi connectivity index (χ1v) is 8.40. The second-order valence-electron chi connectivity index (χ2n) is 6.68. The Morgan fingerprint density at radius 3 is 2.63 bits per heavy atom. The highest BCUT2D eigenvalue weighted by molar-refractivity contribution is 5.87. The Hall–Kier alpha value is -3.19. The summed E-state index contributed by atoms with van der Waals surface area (Å²) < 4.78 is 11.2. The molecule has 0 aliphatic rings. The topological polar surface area (TPSA) is 93.6 Å². The van der Waals surface area contributed by atoms with Gasteiger partial charge in [-0.1, -0.05) is 6.07 Å². The molecule has 1 amide bonds. The maximum Gasteiger partial charge on any atom is 0.253 e. The number of carbonyl (C=O) groups excluding carboxylic acids is 1. The van der Waals surface area contributed by atoms with Crippen LogP contribution < -0.4 is 15.0 Å². The van der Waals surface area contributed by atoms with Crippen molar-refractivity contribution < 1.29 is 19.5 Å².